The van der Waals surface area contributed by atoms with E-state index in [1.54, 1.807) is 11.3 Å². The van der Waals surface area contributed by atoms with Gasteiger partial charge in [-0.1, -0.05) is 17.9 Å². The van der Waals surface area contributed by atoms with Crippen LogP contribution in [0, 0.1) is 11.8 Å². The summed E-state index contributed by atoms with van der Waals surface area (Å²) in [5.74, 6) is 6.11. The monoisotopic (exact) mass is 304 g/mol. The molecule has 2 N–H and O–H groups in total. The van der Waals surface area contributed by atoms with Crippen molar-refractivity contribution in [1.82, 2.24) is 4.90 Å². The van der Waals surface area contributed by atoms with E-state index in [2.05, 4.69) is 59.5 Å². The lowest BCUT2D eigenvalue weighted by Gasteiger charge is -2.25. The quantitative estimate of drug-likeness (QED) is 0.856. The maximum absolute atomic E-state index is 5.46. The molecule has 0 aliphatic carbocycles. The Morgan fingerprint density at radius 1 is 1.20 bits per heavy atom. The molecule has 106 valence electrons. The molecule has 2 nitrogen and oxygen atoms in total. The molecule has 0 atom stereocenters. The Morgan fingerprint density at radius 2 is 2.05 bits per heavy atom. The molecular weight excluding hydrogens is 284 g/mol. The summed E-state index contributed by atoms with van der Waals surface area (Å²) in [6, 6.07) is 6.91. The second-order valence-electron chi connectivity index (χ2n) is 4.84. The molecule has 2 heterocycles. The molecule has 0 radical (unpaired) electrons. The van der Waals surface area contributed by atoms with Crippen LogP contribution in [0.25, 0.3) is 0 Å². The molecule has 0 aromatic carbocycles. The van der Waals surface area contributed by atoms with E-state index in [4.69, 9.17) is 5.73 Å². The van der Waals surface area contributed by atoms with Crippen LogP contribution in [-0.4, -0.2) is 17.5 Å². The molecule has 2 aromatic heterocycles. The molecule has 0 fully saturated rings. The zero-order valence-corrected chi connectivity index (χ0v) is 13.6. The predicted molar refractivity (Wildman–Crippen MR) is 89.0 cm³/mol. The van der Waals surface area contributed by atoms with Crippen LogP contribution in [0.5, 0.6) is 0 Å². The standard InChI is InChI=1S/C16H20N2S2/c1-13(2)18(11-15-6-4-9-19-15)12-16-14(5-3-8-17)7-10-20-16/h4,6-7,9-10,13H,8,11-12,17H2,1-2H3. The average Bonchev–Trinajstić information content (AvgIpc) is 3.07. The highest BCUT2D eigenvalue weighted by atomic mass is 32.1. The van der Waals surface area contributed by atoms with Crippen molar-refractivity contribution in [1.29, 1.82) is 0 Å². The summed E-state index contributed by atoms with van der Waals surface area (Å²) in [5, 5.41) is 4.25. The van der Waals surface area contributed by atoms with Gasteiger partial charge in [-0.05, 0) is 36.7 Å². The first-order valence-corrected chi connectivity index (χ1v) is 8.48. The maximum atomic E-state index is 5.46. The first kappa shape index (κ1) is 15.3. The van der Waals surface area contributed by atoms with Crippen molar-refractivity contribution in [2.45, 2.75) is 33.0 Å². The van der Waals surface area contributed by atoms with Crippen LogP contribution in [-0.2, 0) is 13.1 Å². The van der Waals surface area contributed by atoms with Crippen LogP contribution in [0.15, 0.2) is 29.0 Å². The molecule has 2 rings (SSSR count). The first-order chi connectivity index (χ1) is 9.70. The number of hydrogen-bond acceptors (Lipinski definition) is 4. The highest BCUT2D eigenvalue weighted by Gasteiger charge is 2.14. The van der Waals surface area contributed by atoms with Crippen molar-refractivity contribution in [2.75, 3.05) is 6.54 Å². The fourth-order valence-electron chi connectivity index (χ4n) is 1.93. The first-order valence-electron chi connectivity index (χ1n) is 6.72. The normalized spacial score (nSPS) is 10.8. The van der Waals surface area contributed by atoms with Crippen molar-refractivity contribution in [2.24, 2.45) is 5.73 Å². The SMILES string of the molecule is CC(C)N(Cc1cccs1)Cc1sccc1C#CCN. The van der Waals surface area contributed by atoms with Gasteiger partial charge in [-0.15, -0.1) is 22.7 Å². The fraction of sp³-hybridized carbons (Fsp3) is 0.375. The van der Waals surface area contributed by atoms with Crippen LogP contribution in [0.4, 0.5) is 0 Å². The summed E-state index contributed by atoms with van der Waals surface area (Å²) in [6.45, 7) is 6.84. The summed E-state index contributed by atoms with van der Waals surface area (Å²) < 4.78 is 0. The van der Waals surface area contributed by atoms with Gasteiger partial charge in [0, 0.05) is 34.4 Å². The molecule has 0 aliphatic heterocycles. The highest BCUT2D eigenvalue weighted by molar-refractivity contribution is 7.10. The van der Waals surface area contributed by atoms with E-state index < -0.39 is 0 Å². The van der Waals surface area contributed by atoms with Crippen LogP contribution in [0.3, 0.4) is 0 Å². The smallest absolute Gasteiger partial charge is 0.0555 e. The van der Waals surface area contributed by atoms with Gasteiger partial charge in [0.1, 0.15) is 0 Å². The van der Waals surface area contributed by atoms with Gasteiger partial charge >= 0.3 is 0 Å². The fourth-order valence-corrected chi connectivity index (χ4v) is 3.51. The summed E-state index contributed by atoms with van der Waals surface area (Å²) >= 11 is 3.59. The van der Waals surface area contributed by atoms with Crippen molar-refractivity contribution >= 4 is 22.7 Å². The van der Waals surface area contributed by atoms with Crippen LogP contribution in [0.1, 0.15) is 29.2 Å². The molecule has 2 aromatic rings. The van der Waals surface area contributed by atoms with Crippen LogP contribution < -0.4 is 5.73 Å². The van der Waals surface area contributed by atoms with Gasteiger partial charge in [-0.25, -0.2) is 0 Å². The van der Waals surface area contributed by atoms with Gasteiger partial charge in [0.2, 0.25) is 0 Å². The lowest BCUT2D eigenvalue weighted by atomic mass is 10.2. The zero-order valence-electron chi connectivity index (χ0n) is 11.9. The van der Waals surface area contributed by atoms with E-state index in [1.165, 1.54) is 9.75 Å². The Hall–Kier alpha value is -1.12. The molecule has 0 bridgehead atoms. The largest absolute Gasteiger partial charge is 0.320 e. The van der Waals surface area contributed by atoms with Crippen molar-refractivity contribution in [3.8, 4) is 11.8 Å². The lowest BCUT2D eigenvalue weighted by molar-refractivity contribution is 0.207. The molecule has 0 aliphatic rings. The number of nitrogens with zero attached hydrogens (tertiary/aromatic N) is 1. The van der Waals surface area contributed by atoms with Gasteiger partial charge in [0.05, 0.1) is 6.54 Å². The molecule has 4 heteroatoms. The Balaban J connectivity index is 2.10. The summed E-state index contributed by atoms with van der Waals surface area (Å²) in [4.78, 5) is 5.21. The summed E-state index contributed by atoms with van der Waals surface area (Å²) in [5.41, 5.74) is 6.58. The van der Waals surface area contributed by atoms with Crippen molar-refractivity contribution < 1.29 is 0 Å². The topological polar surface area (TPSA) is 29.3 Å². The molecular formula is C16H20N2S2. The summed E-state index contributed by atoms with van der Waals surface area (Å²) in [6.07, 6.45) is 0. The third-order valence-corrected chi connectivity index (χ3v) is 4.85. The lowest BCUT2D eigenvalue weighted by Crippen LogP contribution is -2.29. The average molecular weight is 304 g/mol. The number of nitrogens with two attached hydrogens (primary N) is 1. The van der Waals surface area contributed by atoms with E-state index in [0.717, 1.165) is 18.7 Å². The third-order valence-electron chi connectivity index (χ3n) is 3.09. The number of hydrogen-bond donors (Lipinski definition) is 1. The van der Waals surface area contributed by atoms with Gasteiger partial charge in [-0.2, -0.15) is 0 Å². The number of rotatable bonds is 5. The molecule has 0 saturated heterocycles. The molecule has 0 amide bonds. The van der Waals surface area contributed by atoms with Gasteiger partial charge < -0.3 is 5.73 Å². The van der Waals surface area contributed by atoms with Crippen molar-refractivity contribution in [3.05, 3.63) is 44.3 Å². The highest BCUT2D eigenvalue weighted by Crippen LogP contribution is 2.22. The van der Waals surface area contributed by atoms with E-state index in [1.807, 2.05) is 11.3 Å². The second-order valence-corrected chi connectivity index (χ2v) is 6.87. The second kappa shape index (κ2) is 7.61. The minimum absolute atomic E-state index is 0.415. The minimum atomic E-state index is 0.415. The molecule has 0 spiro atoms. The Labute approximate surface area is 129 Å². The van der Waals surface area contributed by atoms with E-state index in [0.29, 0.717) is 12.6 Å². The van der Waals surface area contributed by atoms with E-state index >= 15 is 0 Å². The predicted octanol–water partition coefficient (Wildman–Crippen LogP) is 3.53. The minimum Gasteiger partial charge on any atom is -0.320 e. The van der Waals surface area contributed by atoms with Crippen LogP contribution >= 0.6 is 22.7 Å². The van der Waals surface area contributed by atoms with Gasteiger partial charge in [0.25, 0.3) is 0 Å². The van der Waals surface area contributed by atoms with Crippen LogP contribution in [0.2, 0.25) is 0 Å². The number of thiophene rings is 2. The zero-order chi connectivity index (χ0) is 14.4. The van der Waals surface area contributed by atoms with Gasteiger partial charge in [-0.3, -0.25) is 4.90 Å². The van der Waals surface area contributed by atoms with E-state index in [-0.39, 0.29) is 0 Å². The Kier molecular flexibility index (Phi) is 5.81. The Morgan fingerprint density at radius 3 is 2.70 bits per heavy atom. The maximum Gasteiger partial charge on any atom is 0.0555 e. The molecule has 0 unspecified atom stereocenters. The van der Waals surface area contributed by atoms with Gasteiger partial charge in [0.15, 0.2) is 0 Å². The van der Waals surface area contributed by atoms with Crippen molar-refractivity contribution in [3.63, 3.8) is 0 Å². The third kappa shape index (κ3) is 4.19. The molecule has 20 heavy (non-hydrogen) atoms. The summed E-state index contributed by atoms with van der Waals surface area (Å²) in [7, 11) is 0. The Bertz CT molecular complexity index is 573. The molecule has 0 saturated carbocycles. The van der Waals surface area contributed by atoms with E-state index in [9.17, 15) is 0 Å².